The number of amides is 1. The minimum Gasteiger partial charge on any atom is -0.497 e. The van der Waals surface area contributed by atoms with E-state index in [4.69, 9.17) is 10.3 Å². The number of hydrogen-bond acceptors (Lipinski definition) is 3. The molecule has 6 nitrogen and oxygen atoms in total. The second-order valence-corrected chi connectivity index (χ2v) is 4.64. The second kappa shape index (κ2) is 6.93. The molecular formula is C15H11F3N4O2. The van der Waals surface area contributed by atoms with Crippen LogP contribution < -0.4 is 10.1 Å². The predicted molar refractivity (Wildman–Crippen MR) is 81.2 cm³/mol. The van der Waals surface area contributed by atoms with Gasteiger partial charge < -0.3 is 10.1 Å². The van der Waals surface area contributed by atoms with Crippen molar-refractivity contribution < 1.29 is 22.7 Å². The lowest BCUT2D eigenvalue weighted by atomic mass is 10.1. The molecule has 0 heterocycles. The number of azide groups is 1. The van der Waals surface area contributed by atoms with E-state index in [0.717, 1.165) is 12.1 Å². The molecule has 0 fully saturated rings. The molecule has 0 aliphatic heterocycles. The summed E-state index contributed by atoms with van der Waals surface area (Å²) in [6.07, 6.45) is -4.56. The average Bonchev–Trinajstić information content (AvgIpc) is 2.54. The Hall–Kier alpha value is -3.19. The first-order valence-corrected chi connectivity index (χ1v) is 6.56. The quantitative estimate of drug-likeness (QED) is 0.488. The zero-order chi connectivity index (χ0) is 17.7. The Balaban J connectivity index is 2.26. The SMILES string of the molecule is COc1cc(NC(=O)c2ccc(N=[N+]=[N-])cc2)cc(C(F)(F)F)c1. The Kier molecular flexibility index (Phi) is 4.96. The van der Waals surface area contributed by atoms with Crippen LogP contribution in [0.1, 0.15) is 15.9 Å². The molecule has 1 amide bonds. The van der Waals surface area contributed by atoms with Gasteiger partial charge in [-0.2, -0.15) is 13.2 Å². The zero-order valence-electron chi connectivity index (χ0n) is 12.3. The highest BCUT2D eigenvalue weighted by Gasteiger charge is 2.31. The molecular weight excluding hydrogens is 325 g/mol. The lowest BCUT2D eigenvalue weighted by Crippen LogP contribution is -2.13. The Morgan fingerprint density at radius 2 is 1.88 bits per heavy atom. The normalized spacial score (nSPS) is 10.7. The first kappa shape index (κ1) is 17.2. The van der Waals surface area contributed by atoms with Crippen molar-refractivity contribution in [2.24, 2.45) is 5.11 Å². The first-order chi connectivity index (χ1) is 11.3. The fourth-order valence-corrected chi connectivity index (χ4v) is 1.89. The van der Waals surface area contributed by atoms with E-state index < -0.39 is 17.6 Å². The number of nitrogens with one attached hydrogen (secondary N) is 1. The molecule has 0 saturated heterocycles. The molecule has 2 rings (SSSR count). The van der Waals surface area contributed by atoms with Gasteiger partial charge in [-0.15, -0.1) is 0 Å². The van der Waals surface area contributed by atoms with Crippen LogP contribution >= 0.6 is 0 Å². The number of alkyl halides is 3. The molecule has 0 spiro atoms. The molecule has 9 heteroatoms. The van der Waals surface area contributed by atoms with Crippen molar-refractivity contribution in [3.63, 3.8) is 0 Å². The molecule has 0 radical (unpaired) electrons. The van der Waals surface area contributed by atoms with Crippen molar-refractivity contribution >= 4 is 17.3 Å². The lowest BCUT2D eigenvalue weighted by Gasteiger charge is -2.12. The standard InChI is InChI=1S/C15H11F3N4O2/c1-24-13-7-10(15(16,17)18)6-12(8-13)20-14(23)9-2-4-11(5-3-9)21-22-19/h2-8H,1H3,(H,20,23). The number of methoxy groups -OCH3 is 1. The number of benzene rings is 2. The van der Waals surface area contributed by atoms with Crippen molar-refractivity contribution in [2.45, 2.75) is 6.18 Å². The van der Waals surface area contributed by atoms with Crippen LogP contribution in [0.15, 0.2) is 47.6 Å². The molecule has 2 aromatic carbocycles. The molecule has 0 aliphatic carbocycles. The molecule has 0 aliphatic rings. The van der Waals surface area contributed by atoms with Crippen molar-refractivity contribution in [1.29, 1.82) is 0 Å². The smallest absolute Gasteiger partial charge is 0.416 e. The van der Waals surface area contributed by atoms with Crippen LogP contribution in [0, 0.1) is 0 Å². The number of anilines is 1. The highest BCUT2D eigenvalue weighted by Crippen LogP contribution is 2.34. The van der Waals surface area contributed by atoms with Crippen LogP contribution in [0.5, 0.6) is 5.75 Å². The van der Waals surface area contributed by atoms with Gasteiger partial charge in [0, 0.05) is 27.9 Å². The van der Waals surface area contributed by atoms with Crippen molar-refractivity contribution in [3.8, 4) is 5.75 Å². The third-order valence-corrected chi connectivity index (χ3v) is 3.02. The summed E-state index contributed by atoms with van der Waals surface area (Å²) < 4.78 is 43.4. The number of ether oxygens (including phenoxy) is 1. The van der Waals surface area contributed by atoms with E-state index in [1.807, 2.05) is 0 Å². The summed E-state index contributed by atoms with van der Waals surface area (Å²) in [5.41, 5.74) is 7.84. The number of carbonyl (C=O) groups excluding carboxylic acids is 1. The summed E-state index contributed by atoms with van der Waals surface area (Å²) >= 11 is 0. The summed E-state index contributed by atoms with van der Waals surface area (Å²) in [7, 11) is 1.23. The number of nitrogens with zero attached hydrogens (tertiary/aromatic N) is 3. The molecule has 1 N–H and O–H groups in total. The van der Waals surface area contributed by atoms with Crippen LogP contribution in [-0.2, 0) is 6.18 Å². The van der Waals surface area contributed by atoms with E-state index in [1.165, 1.54) is 37.4 Å². The van der Waals surface area contributed by atoms with Gasteiger partial charge in [0.1, 0.15) is 5.75 Å². The van der Waals surface area contributed by atoms with Gasteiger partial charge in [-0.1, -0.05) is 17.2 Å². The fourth-order valence-electron chi connectivity index (χ4n) is 1.89. The summed E-state index contributed by atoms with van der Waals surface area (Å²) in [5.74, 6) is -0.636. The van der Waals surface area contributed by atoms with Crippen molar-refractivity contribution in [1.82, 2.24) is 0 Å². The largest absolute Gasteiger partial charge is 0.497 e. The number of rotatable bonds is 4. The van der Waals surface area contributed by atoms with E-state index >= 15 is 0 Å². The molecule has 0 aromatic heterocycles. The molecule has 0 atom stereocenters. The Labute approximate surface area is 134 Å². The number of halogens is 3. The van der Waals surface area contributed by atoms with E-state index in [2.05, 4.69) is 15.3 Å². The summed E-state index contributed by atoms with van der Waals surface area (Å²) in [4.78, 5) is 14.7. The second-order valence-electron chi connectivity index (χ2n) is 4.64. The minimum absolute atomic E-state index is 0.0289. The van der Waals surface area contributed by atoms with Crippen LogP contribution in [0.2, 0.25) is 0 Å². The first-order valence-electron chi connectivity index (χ1n) is 6.56. The van der Waals surface area contributed by atoms with E-state index in [0.29, 0.717) is 5.69 Å². The summed E-state index contributed by atoms with van der Waals surface area (Å²) in [5, 5.41) is 5.73. The van der Waals surface area contributed by atoms with Crippen molar-refractivity contribution in [2.75, 3.05) is 12.4 Å². The van der Waals surface area contributed by atoms with Gasteiger partial charge in [0.05, 0.1) is 12.7 Å². The van der Waals surface area contributed by atoms with Crippen LogP contribution in [0.25, 0.3) is 10.4 Å². The van der Waals surface area contributed by atoms with E-state index in [9.17, 15) is 18.0 Å². The Morgan fingerprint density at radius 1 is 1.21 bits per heavy atom. The van der Waals surface area contributed by atoms with Gasteiger partial charge in [-0.3, -0.25) is 4.79 Å². The third-order valence-electron chi connectivity index (χ3n) is 3.02. The molecule has 0 saturated carbocycles. The van der Waals surface area contributed by atoms with Gasteiger partial charge in [0.25, 0.3) is 5.91 Å². The van der Waals surface area contributed by atoms with Gasteiger partial charge >= 0.3 is 6.18 Å². The Morgan fingerprint density at radius 3 is 2.42 bits per heavy atom. The van der Waals surface area contributed by atoms with Gasteiger partial charge in [-0.25, -0.2) is 0 Å². The monoisotopic (exact) mass is 336 g/mol. The van der Waals surface area contributed by atoms with Gasteiger partial charge in [-0.05, 0) is 29.8 Å². The average molecular weight is 336 g/mol. The third kappa shape index (κ3) is 4.17. The highest BCUT2D eigenvalue weighted by atomic mass is 19.4. The maximum absolute atomic E-state index is 12.9. The van der Waals surface area contributed by atoms with Crippen molar-refractivity contribution in [3.05, 3.63) is 64.0 Å². The lowest BCUT2D eigenvalue weighted by molar-refractivity contribution is -0.137. The molecule has 0 unspecified atom stereocenters. The number of carbonyl (C=O) groups is 1. The molecule has 2 aromatic rings. The van der Waals surface area contributed by atoms with Gasteiger partial charge in [0.15, 0.2) is 0 Å². The van der Waals surface area contributed by atoms with E-state index in [1.54, 1.807) is 0 Å². The molecule has 24 heavy (non-hydrogen) atoms. The maximum Gasteiger partial charge on any atom is 0.416 e. The van der Waals surface area contributed by atoms with Crippen LogP contribution in [0.3, 0.4) is 0 Å². The van der Waals surface area contributed by atoms with E-state index in [-0.39, 0.29) is 17.0 Å². The topological polar surface area (TPSA) is 87.1 Å². The van der Waals surface area contributed by atoms with Crippen LogP contribution in [0.4, 0.5) is 24.5 Å². The predicted octanol–water partition coefficient (Wildman–Crippen LogP) is 4.91. The molecule has 124 valence electrons. The fraction of sp³-hybridized carbons (Fsp3) is 0.133. The number of hydrogen-bond donors (Lipinski definition) is 1. The molecule has 0 bridgehead atoms. The minimum atomic E-state index is -4.56. The van der Waals surface area contributed by atoms with Gasteiger partial charge in [0.2, 0.25) is 0 Å². The summed E-state index contributed by atoms with van der Waals surface area (Å²) in [6.45, 7) is 0. The van der Waals surface area contributed by atoms with Crippen LogP contribution in [-0.4, -0.2) is 13.0 Å². The Bertz CT molecular complexity index is 797. The summed E-state index contributed by atoms with van der Waals surface area (Å²) in [6, 6.07) is 8.55. The highest BCUT2D eigenvalue weighted by molar-refractivity contribution is 6.04. The zero-order valence-corrected chi connectivity index (χ0v) is 12.3. The maximum atomic E-state index is 12.9.